The fourth-order valence-electron chi connectivity index (χ4n) is 1.77. The summed E-state index contributed by atoms with van der Waals surface area (Å²) in [5, 5.41) is 0. The van der Waals surface area contributed by atoms with Crippen LogP contribution in [0, 0.1) is 0 Å². The van der Waals surface area contributed by atoms with Crippen LogP contribution in [0.25, 0.3) is 0 Å². The third-order valence-electron chi connectivity index (χ3n) is 3.24. The van der Waals surface area contributed by atoms with Crippen molar-refractivity contribution in [3.05, 3.63) is 9.66 Å². The smallest absolute Gasteiger partial charge is 0.222 e. The minimum atomic E-state index is -7.22. The number of unbranched alkanes of at least 4 members (excludes halogenated alkanes) is 3. The van der Waals surface area contributed by atoms with Crippen molar-refractivity contribution < 1.29 is 48.3 Å². The molecule has 0 radical (unpaired) electrons. The fraction of sp³-hybridized carbons (Fsp3) is 0.846. The van der Waals surface area contributed by atoms with Crippen molar-refractivity contribution >= 4 is 22.6 Å². The summed E-state index contributed by atoms with van der Waals surface area (Å²) in [4.78, 5) is 0. The first-order valence-corrected chi connectivity index (χ1v) is 7.98. The molecule has 0 nitrogen and oxygen atoms in total. The van der Waals surface area contributed by atoms with Crippen LogP contribution in [0.3, 0.4) is 0 Å². The number of hydrogen-bond acceptors (Lipinski definition) is 0. The predicted octanol–water partition coefficient (Wildman–Crippen LogP) is 7.38. The SMILES string of the molecule is CCCCCCC(I)=CC(F)(C(F)(F)F)C(F)(F)C(F)(F)C(F)(F)F. The Bertz CT molecular complexity index is 464. The highest BCUT2D eigenvalue weighted by Crippen LogP contribution is 2.58. The van der Waals surface area contributed by atoms with E-state index < -0.39 is 39.5 Å². The van der Waals surface area contributed by atoms with Gasteiger partial charge in [-0.25, -0.2) is 4.39 Å². The van der Waals surface area contributed by atoms with Gasteiger partial charge in [-0.15, -0.1) is 0 Å². The Hall–Kier alpha value is -0.300. The molecule has 0 saturated heterocycles. The van der Waals surface area contributed by atoms with Gasteiger partial charge < -0.3 is 0 Å². The summed E-state index contributed by atoms with van der Waals surface area (Å²) in [7, 11) is 0. The predicted molar refractivity (Wildman–Crippen MR) is 76.7 cm³/mol. The molecule has 0 N–H and O–H groups in total. The summed E-state index contributed by atoms with van der Waals surface area (Å²) in [5.41, 5.74) is -6.18. The molecule has 0 saturated carbocycles. The highest BCUT2D eigenvalue weighted by molar-refractivity contribution is 14.1. The fourth-order valence-corrected chi connectivity index (χ4v) is 2.58. The molecule has 1 atom stereocenters. The van der Waals surface area contributed by atoms with Crippen molar-refractivity contribution in [2.45, 2.75) is 68.9 Å². The Labute approximate surface area is 150 Å². The normalized spacial score (nSPS) is 17.6. The van der Waals surface area contributed by atoms with Crippen molar-refractivity contribution in [2.24, 2.45) is 0 Å². The maximum absolute atomic E-state index is 14.0. The molecular weight excluding hydrogens is 492 g/mol. The first-order valence-electron chi connectivity index (χ1n) is 6.91. The van der Waals surface area contributed by atoms with Crippen molar-refractivity contribution in [3.63, 3.8) is 0 Å². The van der Waals surface area contributed by atoms with Crippen LogP contribution in [-0.4, -0.2) is 29.9 Å². The standard InChI is InChI=1S/C13H14F11I/c1-2-3-4-5-6-8(25)7-9(14,12(19,20)21)10(15,16)11(17,18)13(22,23)24/h7H,2-6H2,1H3. The minimum Gasteiger partial charge on any atom is -0.222 e. The van der Waals surface area contributed by atoms with Gasteiger partial charge in [0, 0.05) is 0 Å². The quantitative estimate of drug-likeness (QED) is 0.183. The number of halogens is 12. The lowest BCUT2D eigenvalue weighted by Crippen LogP contribution is -2.66. The molecule has 0 aromatic rings. The summed E-state index contributed by atoms with van der Waals surface area (Å²) in [5.74, 6) is -14.3. The molecule has 150 valence electrons. The van der Waals surface area contributed by atoms with E-state index >= 15 is 0 Å². The van der Waals surface area contributed by atoms with Crippen LogP contribution in [-0.2, 0) is 0 Å². The summed E-state index contributed by atoms with van der Waals surface area (Å²) in [6.45, 7) is 1.79. The maximum atomic E-state index is 14.0. The van der Waals surface area contributed by atoms with Gasteiger partial charge >= 0.3 is 24.2 Å². The van der Waals surface area contributed by atoms with Gasteiger partial charge in [0.25, 0.3) is 5.67 Å². The zero-order chi connectivity index (χ0) is 20.3. The molecule has 0 aliphatic heterocycles. The van der Waals surface area contributed by atoms with E-state index in [1.54, 1.807) is 6.92 Å². The van der Waals surface area contributed by atoms with E-state index in [1.807, 2.05) is 0 Å². The largest absolute Gasteiger partial charge is 0.460 e. The lowest BCUT2D eigenvalue weighted by Gasteiger charge is -2.37. The lowest BCUT2D eigenvalue weighted by molar-refractivity contribution is -0.402. The average Bonchev–Trinajstić information content (AvgIpc) is 2.40. The lowest BCUT2D eigenvalue weighted by atomic mass is 9.90. The molecule has 0 aromatic heterocycles. The van der Waals surface area contributed by atoms with Gasteiger partial charge in [0.15, 0.2) is 0 Å². The Morgan fingerprint density at radius 2 is 1.20 bits per heavy atom. The average molecular weight is 506 g/mol. The van der Waals surface area contributed by atoms with Gasteiger partial charge in [0.05, 0.1) is 0 Å². The van der Waals surface area contributed by atoms with Crippen molar-refractivity contribution in [1.82, 2.24) is 0 Å². The van der Waals surface area contributed by atoms with E-state index in [2.05, 4.69) is 0 Å². The summed E-state index contributed by atoms with van der Waals surface area (Å²) < 4.78 is 140. The molecule has 0 aliphatic rings. The van der Waals surface area contributed by atoms with E-state index in [0.717, 1.165) is 22.6 Å². The van der Waals surface area contributed by atoms with Crippen LogP contribution >= 0.6 is 22.6 Å². The molecular formula is C13H14F11I. The Balaban J connectivity index is 5.92. The van der Waals surface area contributed by atoms with E-state index in [4.69, 9.17) is 0 Å². The Morgan fingerprint density at radius 1 is 0.720 bits per heavy atom. The van der Waals surface area contributed by atoms with Gasteiger partial charge in [0.1, 0.15) is 0 Å². The second-order valence-corrected chi connectivity index (χ2v) is 6.64. The van der Waals surface area contributed by atoms with Gasteiger partial charge in [-0.1, -0.05) is 26.2 Å². The molecule has 0 amide bonds. The van der Waals surface area contributed by atoms with Crippen LogP contribution in [0.2, 0.25) is 0 Å². The number of allylic oxidation sites excluding steroid dienone is 2. The topological polar surface area (TPSA) is 0 Å². The highest BCUT2D eigenvalue weighted by atomic mass is 127. The van der Waals surface area contributed by atoms with Gasteiger partial charge in [0.2, 0.25) is 0 Å². The van der Waals surface area contributed by atoms with Gasteiger partial charge in [-0.05, 0) is 45.1 Å². The molecule has 0 spiro atoms. The van der Waals surface area contributed by atoms with E-state index in [1.165, 1.54) is 0 Å². The van der Waals surface area contributed by atoms with Crippen molar-refractivity contribution in [1.29, 1.82) is 0 Å². The molecule has 0 heterocycles. The second-order valence-electron chi connectivity index (χ2n) is 5.26. The Morgan fingerprint density at radius 3 is 1.56 bits per heavy atom. The van der Waals surface area contributed by atoms with Gasteiger partial charge in [-0.3, -0.25) is 0 Å². The third-order valence-corrected chi connectivity index (χ3v) is 4.10. The van der Waals surface area contributed by atoms with Crippen LogP contribution < -0.4 is 0 Å². The van der Waals surface area contributed by atoms with Crippen LogP contribution in [0.1, 0.15) is 39.0 Å². The zero-order valence-electron chi connectivity index (χ0n) is 12.6. The van der Waals surface area contributed by atoms with Crippen molar-refractivity contribution in [2.75, 3.05) is 0 Å². The van der Waals surface area contributed by atoms with Crippen LogP contribution in [0.15, 0.2) is 9.66 Å². The van der Waals surface area contributed by atoms with Crippen LogP contribution in [0.5, 0.6) is 0 Å². The Kier molecular flexibility index (Phi) is 8.06. The molecule has 25 heavy (non-hydrogen) atoms. The first kappa shape index (κ1) is 24.7. The summed E-state index contributed by atoms with van der Waals surface area (Å²) >= 11 is 1.01. The highest BCUT2D eigenvalue weighted by Gasteiger charge is 2.85. The van der Waals surface area contributed by atoms with Crippen LogP contribution in [0.4, 0.5) is 48.3 Å². The molecule has 12 heteroatoms. The number of hydrogen-bond donors (Lipinski definition) is 0. The maximum Gasteiger partial charge on any atom is 0.460 e. The summed E-state index contributed by atoms with van der Waals surface area (Å²) in [6.07, 6.45) is -13.1. The van der Waals surface area contributed by atoms with E-state index in [0.29, 0.717) is 19.3 Å². The monoisotopic (exact) mass is 506 g/mol. The minimum absolute atomic E-state index is 0.137. The molecule has 0 fully saturated rings. The number of alkyl halides is 11. The molecule has 0 aliphatic carbocycles. The molecule has 0 rings (SSSR count). The van der Waals surface area contributed by atoms with Crippen molar-refractivity contribution in [3.8, 4) is 0 Å². The van der Waals surface area contributed by atoms with E-state index in [-0.39, 0.29) is 12.8 Å². The van der Waals surface area contributed by atoms with E-state index in [9.17, 15) is 48.3 Å². The third kappa shape index (κ3) is 5.12. The second kappa shape index (κ2) is 8.15. The molecule has 0 bridgehead atoms. The zero-order valence-corrected chi connectivity index (χ0v) is 14.8. The first-order chi connectivity index (χ1) is 11.0. The van der Waals surface area contributed by atoms with Gasteiger partial charge in [-0.2, -0.15) is 43.9 Å². The molecule has 1 unspecified atom stereocenters. The summed E-state index contributed by atoms with van der Waals surface area (Å²) in [6, 6.07) is 0. The number of rotatable bonds is 8. The molecule has 0 aromatic carbocycles.